The summed E-state index contributed by atoms with van der Waals surface area (Å²) >= 11 is 0. The quantitative estimate of drug-likeness (QED) is 0.620. The van der Waals surface area contributed by atoms with Crippen molar-refractivity contribution in [3.8, 4) is 0 Å². The van der Waals surface area contributed by atoms with Gasteiger partial charge in [0.25, 0.3) is 0 Å². The van der Waals surface area contributed by atoms with Gasteiger partial charge in [-0.25, -0.2) is 0 Å². The second-order valence-electron chi connectivity index (χ2n) is 3.96. The third-order valence-corrected chi connectivity index (χ3v) is 2.95. The van der Waals surface area contributed by atoms with E-state index < -0.39 is 0 Å². The van der Waals surface area contributed by atoms with Gasteiger partial charge in [0.1, 0.15) is 0 Å². The van der Waals surface area contributed by atoms with Crippen molar-refractivity contribution >= 4 is 5.97 Å². The largest absolute Gasteiger partial charge is 0.469 e. The molecule has 0 N–H and O–H groups in total. The maximum Gasteiger partial charge on any atom is 0.306 e. The van der Waals surface area contributed by atoms with E-state index in [0.29, 0.717) is 19.6 Å². The van der Waals surface area contributed by atoms with E-state index in [4.69, 9.17) is 9.47 Å². The van der Waals surface area contributed by atoms with Crippen LogP contribution in [0.1, 0.15) is 12.8 Å². The van der Waals surface area contributed by atoms with Gasteiger partial charge in [-0.3, -0.25) is 9.69 Å². The first-order valence-electron chi connectivity index (χ1n) is 5.31. The Hall–Kier alpha value is -0.650. The van der Waals surface area contributed by atoms with Crippen LogP contribution in [0.2, 0.25) is 0 Å². The summed E-state index contributed by atoms with van der Waals surface area (Å²) in [5.74, 6) is -0.542. The van der Waals surface area contributed by atoms with Crippen LogP contribution in [-0.2, 0) is 19.0 Å². The lowest BCUT2D eigenvalue weighted by atomic mass is 10.2. The zero-order valence-corrected chi connectivity index (χ0v) is 9.03. The minimum atomic E-state index is -0.379. The number of hydrogen-bond donors (Lipinski definition) is 0. The number of carbonyl (C=O) groups excluding carboxylic acids is 1. The average molecular weight is 215 g/mol. The SMILES string of the molecule is COC(=O)CCN1CCC2(C1)OCCO2. The van der Waals surface area contributed by atoms with Crippen LogP contribution >= 0.6 is 0 Å². The Kier molecular flexibility index (Phi) is 3.23. The lowest BCUT2D eigenvalue weighted by Crippen LogP contribution is -2.35. The summed E-state index contributed by atoms with van der Waals surface area (Å²) in [6.07, 6.45) is 1.33. The van der Waals surface area contributed by atoms with Gasteiger partial charge in [-0.1, -0.05) is 0 Å². The maximum absolute atomic E-state index is 11.0. The third-order valence-electron chi connectivity index (χ3n) is 2.95. The lowest BCUT2D eigenvalue weighted by molar-refractivity contribution is -0.147. The van der Waals surface area contributed by atoms with E-state index in [1.54, 1.807) is 0 Å². The molecule has 5 heteroatoms. The summed E-state index contributed by atoms with van der Waals surface area (Å²) in [6.45, 7) is 3.79. The lowest BCUT2D eigenvalue weighted by Gasteiger charge is -2.22. The molecule has 2 fully saturated rings. The first-order chi connectivity index (χ1) is 7.24. The van der Waals surface area contributed by atoms with Crippen molar-refractivity contribution in [2.45, 2.75) is 18.6 Å². The number of esters is 1. The molecule has 86 valence electrons. The van der Waals surface area contributed by atoms with E-state index in [-0.39, 0.29) is 11.8 Å². The van der Waals surface area contributed by atoms with E-state index in [1.165, 1.54) is 7.11 Å². The number of nitrogens with zero attached hydrogens (tertiary/aromatic N) is 1. The number of likely N-dealkylation sites (tertiary alicyclic amines) is 1. The Bertz CT molecular complexity index is 238. The molecule has 0 bridgehead atoms. The van der Waals surface area contributed by atoms with Crippen LogP contribution in [0.15, 0.2) is 0 Å². The van der Waals surface area contributed by atoms with Gasteiger partial charge in [0.15, 0.2) is 5.79 Å². The molecule has 2 heterocycles. The highest BCUT2D eigenvalue weighted by atomic mass is 16.7. The Morgan fingerprint density at radius 2 is 2.20 bits per heavy atom. The van der Waals surface area contributed by atoms with Gasteiger partial charge in [0, 0.05) is 19.5 Å². The van der Waals surface area contributed by atoms with Gasteiger partial charge in [0.05, 0.1) is 33.3 Å². The molecule has 0 amide bonds. The predicted octanol–water partition coefficient (Wildman–Crippen LogP) is -0.00170. The highest BCUT2D eigenvalue weighted by Gasteiger charge is 2.42. The fourth-order valence-corrected chi connectivity index (χ4v) is 2.10. The van der Waals surface area contributed by atoms with Crippen molar-refractivity contribution < 1.29 is 19.0 Å². The number of hydrogen-bond acceptors (Lipinski definition) is 5. The van der Waals surface area contributed by atoms with E-state index in [9.17, 15) is 4.79 Å². The summed E-state index contributed by atoms with van der Waals surface area (Å²) in [7, 11) is 1.41. The Morgan fingerprint density at radius 3 is 2.87 bits per heavy atom. The fourth-order valence-electron chi connectivity index (χ4n) is 2.10. The van der Waals surface area contributed by atoms with E-state index in [1.807, 2.05) is 0 Å². The third kappa shape index (κ3) is 2.48. The van der Waals surface area contributed by atoms with Crippen molar-refractivity contribution in [1.29, 1.82) is 0 Å². The zero-order chi connectivity index (χ0) is 10.7. The summed E-state index contributed by atoms with van der Waals surface area (Å²) in [6, 6.07) is 0. The molecule has 1 spiro atoms. The summed E-state index contributed by atoms with van der Waals surface area (Å²) in [5.41, 5.74) is 0. The second-order valence-corrected chi connectivity index (χ2v) is 3.96. The Morgan fingerprint density at radius 1 is 1.47 bits per heavy atom. The van der Waals surface area contributed by atoms with Crippen molar-refractivity contribution in [1.82, 2.24) is 4.90 Å². The molecule has 15 heavy (non-hydrogen) atoms. The molecular weight excluding hydrogens is 198 g/mol. The van der Waals surface area contributed by atoms with Gasteiger partial charge < -0.3 is 14.2 Å². The molecule has 0 aromatic rings. The normalized spacial score (nSPS) is 24.9. The molecule has 5 nitrogen and oxygen atoms in total. The molecule has 0 aliphatic carbocycles. The summed E-state index contributed by atoms with van der Waals surface area (Å²) in [5, 5.41) is 0. The molecule has 0 saturated carbocycles. The molecule has 2 aliphatic rings. The van der Waals surface area contributed by atoms with Crippen LogP contribution in [0.3, 0.4) is 0 Å². The fraction of sp³-hybridized carbons (Fsp3) is 0.900. The van der Waals surface area contributed by atoms with Gasteiger partial charge in [-0.05, 0) is 0 Å². The summed E-state index contributed by atoms with van der Waals surface area (Å²) in [4.78, 5) is 13.2. The van der Waals surface area contributed by atoms with Crippen LogP contribution in [-0.4, -0.2) is 56.6 Å². The van der Waals surface area contributed by atoms with Crippen LogP contribution in [0.4, 0.5) is 0 Å². The maximum atomic E-state index is 11.0. The Labute approximate surface area is 89.3 Å². The molecule has 2 saturated heterocycles. The Balaban J connectivity index is 1.75. The predicted molar refractivity (Wildman–Crippen MR) is 52.3 cm³/mol. The van der Waals surface area contributed by atoms with Crippen LogP contribution in [0, 0.1) is 0 Å². The van der Waals surface area contributed by atoms with Crippen LogP contribution in [0.25, 0.3) is 0 Å². The van der Waals surface area contributed by atoms with E-state index in [2.05, 4.69) is 9.64 Å². The van der Waals surface area contributed by atoms with E-state index >= 15 is 0 Å². The number of rotatable bonds is 3. The number of ether oxygens (including phenoxy) is 3. The zero-order valence-electron chi connectivity index (χ0n) is 9.03. The molecule has 0 radical (unpaired) electrons. The minimum absolute atomic E-state index is 0.163. The first-order valence-corrected chi connectivity index (χ1v) is 5.31. The van der Waals surface area contributed by atoms with Crippen LogP contribution in [0.5, 0.6) is 0 Å². The monoisotopic (exact) mass is 215 g/mol. The highest BCUT2D eigenvalue weighted by molar-refractivity contribution is 5.69. The van der Waals surface area contributed by atoms with Crippen molar-refractivity contribution in [2.24, 2.45) is 0 Å². The highest BCUT2D eigenvalue weighted by Crippen LogP contribution is 2.30. The van der Waals surface area contributed by atoms with E-state index in [0.717, 1.165) is 26.1 Å². The number of carbonyl (C=O) groups is 1. The molecule has 2 aliphatic heterocycles. The van der Waals surface area contributed by atoms with Gasteiger partial charge in [-0.2, -0.15) is 0 Å². The second kappa shape index (κ2) is 4.47. The van der Waals surface area contributed by atoms with Gasteiger partial charge >= 0.3 is 5.97 Å². The average Bonchev–Trinajstić information content (AvgIpc) is 2.86. The molecule has 0 atom stereocenters. The van der Waals surface area contributed by atoms with Crippen molar-refractivity contribution in [2.75, 3.05) is 40.0 Å². The summed E-state index contributed by atoms with van der Waals surface area (Å²) < 4.78 is 15.8. The smallest absolute Gasteiger partial charge is 0.306 e. The topological polar surface area (TPSA) is 48.0 Å². The first kappa shape index (κ1) is 10.9. The standard InChI is InChI=1S/C10H17NO4/c1-13-9(12)2-4-11-5-3-10(8-11)14-6-7-15-10/h2-8H2,1H3. The molecule has 0 aromatic carbocycles. The molecule has 2 rings (SSSR count). The minimum Gasteiger partial charge on any atom is -0.469 e. The van der Waals surface area contributed by atoms with Crippen molar-refractivity contribution in [3.63, 3.8) is 0 Å². The number of methoxy groups -OCH3 is 1. The van der Waals surface area contributed by atoms with Crippen molar-refractivity contribution in [3.05, 3.63) is 0 Å². The van der Waals surface area contributed by atoms with Gasteiger partial charge in [0.2, 0.25) is 0 Å². The van der Waals surface area contributed by atoms with Gasteiger partial charge in [-0.15, -0.1) is 0 Å². The molecule has 0 aromatic heterocycles. The van der Waals surface area contributed by atoms with Crippen LogP contribution < -0.4 is 0 Å². The molecular formula is C10H17NO4. The molecule has 0 unspecified atom stereocenters.